The Morgan fingerprint density at radius 2 is 1.54 bits per heavy atom. The molecule has 0 spiro atoms. The smallest absolute Gasteiger partial charge is 0.257 e. The maximum atomic E-state index is 13.9. The number of rotatable bonds is 18. The first kappa shape index (κ1) is 41.5. The third-order valence-electron chi connectivity index (χ3n) is 9.60. The summed E-state index contributed by atoms with van der Waals surface area (Å²) < 4.78 is 5.51. The molecule has 4 N–H and O–H groups in total. The minimum atomic E-state index is -0.899. The van der Waals surface area contributed by atoms with Gasteiger partial charge in [-0.3, -0.25) is 33.8 Å². The van der Waals surface area contributed by atoms with Gasteiger partial charge in [0.15, 0.2) is 0 Å². The number of methoxy groups -OCH3 is 1. The van der Waals surface area contributed by atoms with Crippen LogP contribution < -0.4 is 16.0 Å². The van der Waals surface area contributed by atoms with E-state index in [4.69, 9.17) is 4.74 Å². The maximum Gasteiger partial charge on any atom is 0.257 e. The number of para-hydroxylation sites is 1. The summed E-state index contributed by atoms with van der Waals surface area (Å²) in [5.74, 6) is -1.72. The molecule has 1 aliphatic rings. The summed E-state index contributed by atoms with van der Waals surface area (Å²) >= 11 is 0. The lowest BCUT2D eigenvalue weighted by Gasteiger charge is -2.30. The van der Waals surface area contributed by atoms with Gasteiger partial charge in [-0.2, -0.15) is 0 Å². The Bertz CT molecular complexity index is 1820. The number of carbonyl (C=O) groups is 5. The van der Waals surface area contributed by atoms with Gasteiger partial charge in [0.1, 0.15) is 23.9 Å². The molecule has 0 radical (unpaired) electrons. The Labute approximate surface area is 318 Å². The summed E-state index contributed by atoms with van der Waals surface area (Å²) in [4.78, 5) is 73.7. The number of aryl methyl sites for hydroxylation is 1. The van der Waals surface area contributed by atoms with E-state index in [9.17, 15) is 24.0 Å². The Hall–Kier alpha value is -5.23. The zero-order valence-electron chi connectivity index (χ0n) is 32.7. The van der Waals surface area contributed by atoms with Gasteiger partial charge >= 0.3 is 0 Å². The summed E-state index contributed by atoms with van der Waals surface area (Å²) in [6.07, 6.45) is 7.59. The van der Waals surface area contributed by atoms with Crippen molar-refractivity contribution in [3.8, 4) is 0 Å². The third kappa shape index (κ3) is 10.9. The van der Waals surface area contributed by atoms with Crippen molar-refractivity contribution in [1.82, 2.24) is 30.7 Å². The molecule has 0 aliphatic carbocycles. The largest absolute Gasteiger partial charge is 0.499 e. The number of carbonyl (C=O) groups excluding carboxylic acids is 5. The molecule has 54 heavy (non-hydrogen) atoms. The van der Waals surface area contributed by atoms with Gasteiger partial charge in [-0.25, -0.2) is 0 Å². The van der Waals surface area contributed by atoms with Crippen molar-refractivity contribution in [2.24, 2.45) is 11.8 Å². The highest BCUT2D eigenvalue weighted by Gasteiger charge is 2.38. The molecule has 290 valence electrons. The molecule has 0 unspecified atom stereocenters. The molecule has 12 heteroatoms. The number of nitrogens with one attached hydrogen (secondary N) is 4. The van der Waals surface area contributed by atoms with E-state index >= 15 is 0 Å². The fourth-order valence-corrected chi connectivity index (χ4v) is 7.00. The number of amides is 5. The monoisotopic (exact) mass is 740 g/mol. The predicted octanol–water partition coefficient (Wildman–Crippen LogP) is 4.27. The number of ether oxygens (including phenoxy) is 1. The third-order valence-corrected chi connectivity index (χ3v) is 9.60. The lowest BCUT2D eigenvalue weighted by molar-refractivity contribution is -0.139. The molecule has 12 nitrogen and oxygen atoms in total. The SMILES string of the molecule is COC1=CC(=O)N(C(=O)C=C[C@H](C)NC(=O)[C@H](CC(C)C)NC(=O)[C@H](CCc2ccccc2)NC(=O)[C@H](C(C)C)N(C)C)[C@H]1Cc1c[nH]c2ccccc12. The van der Waals surface area contributed by atoms with Crippen LogP contribution in [0.3, 0.4) is 0 Å². The minimum absolute atomic E-state index is 0.00554. The van der Waals surface area contributed by atoms with Gasteiger partial charge in [-0.05, 0) is 69.3 Å². The zero-order valence-corrected chi connectivity index (χ0v) is 32.7. The van der Waals surface area contributed by atoms with Crippen LogP contribution in [0.2, 0.25) is 0 Å². The van der Waals surface area contributed by atoms with E-state index in [1.807, 2.05) is 107 Å². The molecule has 2 aromatic carbocycles. The molecular formula is C42H56N6O6. The molecular weight excluding hydrogens is 684 g/mol. The molecule has 0 bridgehead atoms. The number of aromatic amines is 1. The van der Waals surface area contributed by atoms with E-state index in [0.29, 0.717) is 31.4 Å². The van der Waals surface area contributed by atoms with Crippen LogP contribution in [0.5, 0.6) is 0 Å². The molecule has 5 amide bonds. The lowest BCUT2D eigenvalue weighted by atomic mass is 9.99. The lowest BCUT2D eigenvalue weighted by Crippen LogP contribution is -2.57. The van der Waals surface area contributed by atoms with Crippen molar-refractivity contribution >= 4 is 40.4 Å². The summed E-state index contributed by atoms with van der Waals surface area (Å²) in [5.41, 5.74) is 2.91. The van der Waals surface area contributed by atoms with Crippen LogP contribution in [0.1, 0.15) is 58.6 Å². The van der Waals surface area contributed by atoms with Crippen LogP contribution in [-0.4, -0.2) is 95.7 Å². The standard InChI is InChI=1S/C42H56N6O6/c1-26(2)22-34(46-40(51)33(20-19-29-14-10-9-11-15-29)45-42(53)39(27(3)4)47(6)7)41(52)44-28(5)18-21-37(49)48-35(36(54-8)24-38(48)50)23-30-25-43-32-17-13-12-16-31(30)32/h9-18,21,24-28,33-35,39,43H,19-20,22-23H2,1-8H3,(H,44,52)(H,45,53)(H,46,51)/t28-,33-,34-,35-,39-/m0/s1. The highest BCUT2D eigenvalue weighted by Crippen LogP contribution is 2.28. The maximum absolute atomic E-state index is 13.9. The highest BCUT2D eigenvalue weighted by atomic mass is 16.5. The summed E-state index contributed by atoms with van der Waals surface area (Å²) in [6.45, 7) is 9.52. The van der Waals surface area contributed by atoms with Crippen LogP contribution in [0.25, 0.3) is 10.9 Å². The Balaban J connectivity index is 1.45. The van der Waals surface area contributed by atoms with Gasteiger partial charge < -0.3 is 25.7 Å². The summed E-state index contributed by atoms with van der Waals surface area (Å²) in [6, 6.07) is 14.0. The number of benzene rings is 2. The zero-order chi connectivity index (χ0) is 39.5. The fraction of sp³-hybridized carbons (Fsp3) is 0.452. The number of aromatic nitrogens is 1. The normalized spacial score (nSPS) is 16.8. The Kier molecular flexibility index (Phi) is 14.8. The number of hydrogen-bond donors (Lipinski definition) is 4. The van der Waals surface area contributed by atoms with Crippen molar-refractivity contribution in [2.45, 2.75) is 90.5 Å². The predicted molar refractivity (Wildman–Crippen MR) is 210 cm³/mol. The second-order valence-corrected chi connectivity index (χ2v) is 15.0. The van der Waals surface area contributed by atoms with E-state index in [2.05, 4.69) is 20.9 Å². The first-order chi connectivity index (χ1) is 25.7. The number of imide groups is 1. The average molecular weight is 741 g/mol. The molecule has 3 aromatic rings. The molecule has 4 rings (SSSR count). The summed E-state index contributed by atoms with van der Waals surface area (Å²) in [7, 11) is 5.13. The number of nitrogens with zero attached hydrogens (tertiary/aromatic N) is 2. The first-order valence-corrected chi connectivity index (χ1v) is 18.7. The van der Waals surface area contributed by atoms with E-state index in [-0.39, 0.29) is 17.7 Å². The van der Waals surface area contributed by atoms with Crippen LogP contribution in [0.4, 0.5) is 0 Å². The van der Waals surface area contributed by atoms with Gasteiger partial charge in [0.05, 0.1) is 13.2 Å². The van der Waals surface area contributed by atoms with E-state index in [1.54, 1.807) is 6.92 Å². The Morgan fingerprint density at radius 3 is 2.19 bits per heavy atom. The van der Waals surface area contributed by atoms with Crippen LogP contribution in [-0.2, 0) is 41.6 Å². The van der Waals surface area contributed by atoms with Gasteiger partial charge in [0, 0.05) is 41.7 Å². The molecule has 0 saturated carbocycles. The van der Waals surface area contributed by atoms with Crippen LogP contribution in [0.15, 0.2) is 84.8 Å². The molecule has 5 atom stereocenters. The number of likely N-dealkylation sites (N-methyl/N-ethyl adjacent to an activating group) is 1. The molecule has 0 fully saturated rings. The van der Waals surface area contributed by atoms with Crippen molar-refractivity contribution in [2.75, 3.05) is 21.2 Å². The van der Waals surface area contributed by atoms with E-state index in [1.165, 1.54) is 25.3 Å². The first-order valence-electron chi connectivity index (χ1n) is 18.7. The van der Waals surface area contributed by atoms with Gasteiger partial charge in [0.2, 0.25) is 17.7 Å². The second kappa shape index (κ2) is 19.2. The van der Waals surface area contributed by atoms with E-state index in [0.717, 1.165) is 26.9 Å². The fourth-order valence-electron chi connectivity index (χ4n) is 7.00. The van der Waals surface area contributed by atoms with Gasteiger partial charge in [0.25, 0.3) is 11.8 Å². The highest BCUT2D eigenvalue weighted by molar-refractivity contribution is 6.08. The minimum Gasteiger partial charge on any atom is -0.499 e. The topological polar surface area (TPSA) is 153 Å². The van der Waals surface area contributed by atoms with Crippen molar-refractivity contribution in [1.29, 1.82) is 0 Å². The number of fused-ring (bicyclic) bond motifs is 1. The molecule has 1 aromatic heterocycles. The van der Waals surface area contributed by atoms with E-state index < -0.39 is 53.8 Å². The van der Waals surface area contributed by atoms with Gasteiger partial charge in [-0.15, -0.1) is 0 Å². The number of hydrogen-bond acceptors (Lipinski definition) is 7. The van der Waals surface area contributed by atoms with Crippen molar-refractivity contribution < 1.29 is 28.7 Å². The molecule has 0 saturated heterocycles. The second-order valence-electron chi connectivity index (χ2n) is 15.0. The summed E-state index contributed by atoms with van der Waals surface area (Å²) in [5, 5.41) is 9.76. The van der Waals surface area contributed by atoms with Gasteiger partial charge in [-0.1, -0.05) is 82.3 Å². The van der Waals surface area contributed by atoms with Crippen LogP contribution in [0, 0.1) is 11.8 Å². The average Bonchev–Trinajstić information content (AvgIpc) is 3.68. The van der Waals surface area contributed by atoms with Crippen LogP contribution >= 0.6 is 0 Å². The Morgan fingerprint density at radius 1 is 0.889 bits per heavy atom. The number of H-pyrrole nitrogens is 1. The molecule has 1 aliphatic heterocycles. The quantitative estimate of drug-likeness (QED) is 0.142. The van der Waals surface area contributed by atoms with Crippen molar-refractivity contribution in [3.63, 3.8) is 0 Å². The van der Waals surface area contributed by atoms with Crippen molar-refractivity contribution in [3.05, 3.63) is 95.9 Å². The molecule has 2 heterocycles.